The van der Waals surface area contributed by atoms with Crippen LogP contribution in [0.4, 0.5) is 11.8 Å². The first kappa shape index (κ1) is 24.1. The maximum atomic E-state index is 9.02. The van der Waals surface area contributed by atoms with Crippen LogP contribution >= 0.6 is 0 Å². The van der Waals surface area contributed by atoms with Crippen molar-refractivity contribution in [3.63, 3.8) is 0 Å². The van der Waals surface area contributed by atoms with E-state index in [4.69, 9.17) is 10.1 Å². The van der Waals surface area contributed by atoms with Gasteiger partial charge in [0.2, 0.25) is 5.82 Å². The van der Waals surface area contributed by atoms with E-state index in [0.717, 1.165) is 24.9 Å². The van der Waals surface area contributed by atoms with E-state index in [2.05, 4.69) is 30.1 Å². The number of nitrogens with zero attached hydrogens (tertiary/aromatic N) is 3. The molecule has 0 aromatic carbocycles. The number of aryl methyl sites for hydroxylation is 1. The molecule has 2 N–H and O–H groups in total. The zero-order valence-electron chi connectivity index (χ0n) is 16.3. The number of rotatable bonds is 14. The molecule has 0 fully saturated rings. The molecule has 0 amide bonds. The average molecular weight is 417 g/mol. The first-order valence-electron chi connectivity index (χ1n) is 9.69. The molecular formula is C19H37BrN4O. The highest BCUT2D eigenvalue weighted by Crippen LogP contribution is 2.15. The lowest BCUT2D eigenvalue weighted by molar-refractivity contribution is -0.659. The van der Waals surface area contributed by atoms with Gasteiger partial charge in [0.1, 0.15) is 0 Å². The molecule has 0 atom stereocenters. The summed E-state index contributed by atoms with van der Waals surface area (Å²) >= 11 is 0. The molecule has 1 aromatic heterocycles. The standard InChI is InChI=1S/C19H36N4O.BrH/c1-4-6-8-10-14-23(15-11-9-7-5-2)18-12-16-22(3)19(21-18)20-13-17-24;/h12,16,24H,4-11,13-15,17H2,1-3H3;1H. The van der Waals surface area contributed by atoms with Gasteiger partial charge in [-0.15, -0.1) is 0 Å². The molecular weight excluding hydrogens is 380 g/mol. The van der Waals surface area contributed by atoms with Gasteiger partial charge in [-0.05, 0) is 12.8 Å². The second-order valence-corrected chi connectivity index (χ2v) is 6.48. The molecule has 0 saturated heterocycles. The summed E-state index contributed by atoms with van der Waals surface area (Å²) in [6, 6.07) is 2.10. The molecule has 25 heavy (non-hydrogen) atoms. The predicted molar refractivity (Wildman–Crippen MR) is 101 cm³/mol. The molecule has 1 aromatic rings. The van der Waals surface area contributed by atoms with Crippen LogP contribution in [-0.2, 0) is 7.05 Å². The fraction of sp³-hybridized carbons (Fsp3) is 0.789. The van der Waals surface area contributed by atoms with Gasteiger partial charge in [0.15, 0.2) is 0 Å². The van der Waals surface area contributed by atoms with Crippen molar-refractivity contribution >= 4 is 11.8 Å². The monoisotopic (exact) mass is 416 g/mol. The topological polar surface area (TPSA) is 52.3 Å². The van der Waals surface area contributed by atoms with E-state index >= 15 is 0 Å². The minimum Gasteiger partial charge on any atom is -1.00 e. The molecule has 1 heterocycles. The largest absolute Gasteiger partial charge is 1.00 e. The van der Waals surface area contributed by atoms with Gasteiger partial charge in [-0.2, -0.15) is 0 Å². The Hall–Kier alpha value is -0.880. The number of hydrogen-bond donors (Lipinski definition) is 2. The lowest BCUT2D eigenvalue weighted by atomic mass is 10.1. The fourth-order valence-electron chi connectivity index (χ4n) is 2.78. The summed E-state index contributed by atoms with van der Waals surface area (Å²) in [5.74, 6) is 1.86. The normalized spacial score (nSPS) is 10.4. The second kappa shape index (κ2) is 15.4. The lowest BCUT2D eigenvalue weighted by Gasteiger charge is -2.22. The second-order valence-electron chi connectivity index (χ2n) is 6.48. The van der Waals surface area contributed by atoms with Crippen molar-refractivity contribution in [2.24, 2.45) is 7.05 Å². The van der Waals surface area contributed by atoms with Gasteiger partial charge >= 0.3 is 5.95 Å². The number of unbranched alkanes of at least 4 members (excludes halogenated alkanes) is 6. The van der Waals surface area contributed by atoms with Crippen LogP contribution < -0.4 is 31.8 Å². The van der Waals surface area contributed by atoms with Crippen molar-refractivity contribution in [3.05, 3.63) is 12.3 Å². The molecule has 146 valence electrons. The van der Waals surface area contributed by atoms with Crippen molar-refractivity contribution in [2.45, 2.75) is 65.2 Å². The van der Waals surface area contributed by atoms with Crippen molar-refractivity contribution in [3.8, 4) is 0 Å². The number of nitrogens with one attached hydrogen (secondary N) is 1. The van der Waals surface area contributed by atoms with Crippen LogP contribution in [-0.4, -0.2) is 36.3 Å². The Morgan fingerprint density at radius 1 is 1.04 bits per heavy atom. The maximum absolute atomic E-state index is 9.02. The highest BCUT2D eigenvalue weighted by Gasteiger charge is 2.15. The molecule has 0 aliphatic heterocycles. The average Bonchev–Trinajstić information content (AvgIpc) is 2.60. The molecule has 0 unspecified atom stereocenters. The van der Waals surface area contributed by atoms with E-state index in [-0.39, 0.29) is 23.6 Å². The molecule has 5 nitrogen and oxygen atoms in total. The summed E-state index contributed by atoms with van der Waals surface area (Å²) in [7, 11) is 1.98. The van der Waals surface area contributed by atoms with Gasteiger partial charge in [0, 0.05) is 19.2 Å². The Labute approximate surface area is 164 Å². The number of aliphatic hydroxyl groups is 1. The highest BCUT2D eigenvalue weighted by atomic mass is 79.9. The van der Waals surface area contributed by atoms with Gasteiger partial charge in [0.05, 0.1) is 26.4 Å². The van der Waals surface area contributed by atoms with Crippen molar-refractivity contribution in [1.82, 2.24) is 4.98 Å². The Morgan fingerprint density at radius 3 is 2.16 bits per heavy atom. The van der Waals surface area contributed by atoms with Crippen molar-refractivity contribution in [1.29, 1.82) is 0 Å². The number of aliphatic hydroxyl groups excluding tert-OH is 1. The third-order valence-electron chi connectivity index (χ3n) is 4.28. The van der Waals surface area contributed by atoms with Crippen molar-refractivity contribution in [2.75, 3.05) is 36.5 Å². The first-order valence-corrected chi connectivity index (χ1v) is 9.69. The van der Waals surface area contributed by atoms with Gasteiger partial charge in [0.25, 0.3) is 0 Å². The Kier molecular flexibility index (Phi) is 14.8. The van der Waals surface area contributed by atoms with E-state index in [0.29, 0.717) is 6.54 Å². The highest BCUT2D eigenvalue weighted by molar-refractivity contribution is 5.40. The summed E-state index contributed by atoms with van der Waals surface area (Å²) in [6.45, 7) is 7.29. The molecule has 0 bridgehead atoms. The maximum Gasteiger partial charge on any atom is 0.393 e. The summed E-state index contributed by atoms with van der Waals surface area (Å²) in [5, 5.41) is 12.2. The van der Waals surface area contributed by atoms with E-state index in [9.17, 15) is 0 Å². The SMILES string of the molecule is CCCCCCN(CCCCCC)c1cc[n+](C)c(NCCO)n1.[Br-]. The van der Waals surface area contributed by atoms with Gasteiger partial charge in [-0.1, -0.05) is 57.4 Å². The Bertz CT molecular complexity index is 433. The summed E-state index contributed by atoms with van der Waals surface area (Å²) in [6.07, 6.45) is 12.2. The zero-order chi connectivity index (χ0) is 17.6. The van der Waals surface area contributed by atoms with Crippen LogP contribution in [0, 0.1) is 0 Å². The number of aromatic nitrogens is 2. The van der Waals surface area contributed by atoms with Crippen LogP contribution in [0.5, 0.6) is 0 Å². The third-order valence-corrected chi connectivity index (χ3v) is 4.28. The minimum atomic E-state index is 0. The van der Waals surface area contributed by atoms with E-state index < -0.39 is 0 Å². The third kappa shape index (κ3) is 10.00. The van der Waals surface area contributed by atoms with E-state index in [1.807, 2.05) is 17.8 Å². The van der Waals surface area contributed by atoms with Crippen LogP contribution in [0.2, 0.25) is 0 Å². The van der Waals surface area contributed by atoms with E-state index in [1.54, 1.807) is 0 Å². The first-order chi connectivity index (χ1) is 11.7. The van der Waals surface area contributed by atoms with E-state index in [1.165, 1.54) is 51.4 Å². The molecule has 0 aliphatic carbocycles. The molecule has 6 heteroatoms. The van der Waals surface area contributed by atoms with Crippen LogP contribution in [0.25, 0.3) is 0 Å². The van der Waals surface area contributed by atoms with Crippen LogP contribution in [0.3, 0.4) is 0 Å². The van der Waals surface area contributed by atoms with Gasteiger partial charge < -0.3 is 27.0 Å². The molecule has 0 radical (unpaired) electrons. The quantitative estimate of drug-likeness (QED) is 0.337. The Morgan fingerprint density at radius 2 is 1.64 bits per heavy atom. The molecule has 1 rings (SSSR count). The number of anilines is 2. The summed E-state index contributed by atoms with van der Waals surface area (Å²) < 4.78 is 1.96. The Balaban J connectivity index is 0.00000576. The lowest BCUT2D eigenvalue weighted by Crippen LogP contribution is -3.00. The summed E-state index contributed by atoms with van der Waals surface area (Å²) in [4.78, 5) is 7.20. The molecule has 0 saturated carbocycles. The summed E-state index contributed by atoms with van der Waals surface area (Å²) in [5.41, 5.74) is 0. The minimum absolute atomic E-state index is 0. The molecule has 0 spiro atoms. The predicted octanol–water partition coefficient (Wildman–Crippen LogP) is 0.281. The fourth-order valence-corrected chi connectivity index (χ4v) is 2.78. The number of hydrogen-bond acceptors (Lipinski definition) is 4. The number of halogens is 1. The smallest absolute Gasteiger partial charge is 0.393 e. The van der Waals surface area contributed by atoms with Crippen LogP contribution in [0.15, 0.2) is 12.3 Å². The van der Waals surface area contributed by atoms with Gasteiger partial charge in [-0.3, -0.25) is 5.32 Å². The molecule has 0 aliphatic rings. The van der Waals surface area contributed by atoms with Gasteiger partial charge in [-0.25, -0.2) is 4.57 Å². The van der Waals surface area contributed by atoms with Crippen LogP contribution in [0.1, 0.15) is 65.2 Å². The zero-order valence-corrected chi connectivity index (χ0v) is 17.9. The van der Waals surface area contributed by atoms with Crippen molar-refractivity contribution < 1.29 is 26.7 Å².